The van der Waals surface area contributed by atoms with Gasteiger partial charge in [-0.15, -0.1) is 0 Å². The molecule has 2 aromatic rings. The lowest BCUT2D eigenvalue weighted by Gasteiger charge is -2.24. The number of aliphatic hydroxyl groups excluding tert-OH is 1. The Labute approximate surface area is 113 Å². The molecule has 0 aliphatic rings. The van der Waals surface area contributed by atoms with E-state index < -0.39 is 5.60 Å². The van der Waals surface area contributed by atoms with Crippen molar-refractivity contribution in [2.75, 3.05) is 6.61 Å². The van der Waals surface area contributed by atoms with Crippen molar-refractivity contribution in [2.24, 2.45) is 0 Å². The van der Waals surface area contributed by atoms with E-state index in [0.29, 0.717) is 11.3 Å². The highest BCUT2D eigenvalue weighted by Crippen LogP contribution is 2.24. The van der Waals surface area contributed by atoms with E-state index in [1.165, 1.54) is 0 Å². The van der Waals surface area contributed by atoms with Gasteiger partial charge in [-0.25, -0.2) is 0 Å². The zero-order chi connectivity index (χ0) is 13.7. The van der Waals surface area contributed by atoms with Crippen LogP contribution in [0.5, 0.6) is 5.75 Å². The van der Waals surface area contributed by atoms with Gasteiger partial charge >= 0.3 is 0 Å². The zero-order valence-electron chi connectivity index (χ0n) is 10.9. The van der Waals surface area contributed by atoms with Crippen molar-refractivity contribution in [3.63, 3.8) is 0 Å². The fraction of sp³-hybridized carbons (Fsp3) is 0.250. The molecule has 0 fully saturated rings. The van der Waals surface area contributed by atoms with Crippen molar-refractivity contribution in [1.82, 2.24) is 0 Å². The van der Waals surface area contributed by atoms with E-state index >= 15 is 0 Å². The molecule has 3 nitrogen and oxygen atoms in total. The van der Waals surface area contributed by atoms with Crippen molar-refractivity contribution < 1.29 is 14.9 Å². The van der Waals surface area contributed by atoms with E-state index in [2.05, 4.69) is 0 Å². The van der Waals surface area contributed by atoms with E-state index in [-0.39, 0.29) is 13.2 Å². The summed E-state index contributed by atoms with van der Waals surface area (Å²) in [6.07, 6.45) is 0. The van der Waals surface area contributed by atoms with Gasteiger partial charge in [-0.1, -0.05) is 48.5 Å². The van der Waals surface area contributed by atoms with Crippen LogP contribution in [0, 0.1) is 0 Å². The summed E-state index contributed by atoms with van der Waals surface area (Å²) in [4.78, 5) is 0. The Morgan fingerprint density at radius 2 is 1.63 bits per heavy atom. The van der Waals surface area contributed by atoms with Gasteiger partial charge in [0.25, 0.3) is 0 Å². The predicted molar refractivity (Wildman–Crippen MR) is 73.9 cm³/mol. The lowest BCUT2D eigenvalue weighted by Crippen LogP contribution is -2.29. The molecule has 19 heavy (non-hydrogen) atoms. The van der Waals surface area contributed by atoms with Crippen LogP contribution in [-0.2, 0) is 12.2 Å². The first-order valence-corrected chi connectivity index (χ1v) is 6.23. The van der Waals surface area contributed by atoms with Crippen LogP contribution < -0.4 is 4.74 Å². The molecule has 0 heterocycles. The maximum absolute atomic E-state index is 10.4. The Morgan fingerprint density at radius 1 is 1.00 bits per heavy atom. The molecule has 0 aromatic heterocycles. The van der Waals surface area contributed by atoms with E-state index in [0.717, 1.165) is 5.56 Å². The van der Waals surface area contributed by atoms with Gasteiger partial charge in [0.15, 0.2) is 0 Å². The van der Waals surface area contributed by atoms with Crippen LogP contribution in [0.15, 0.2) is 54.6 Å². The molecule has 0 bridgehead atoms. The van der Waals surface area contributed by atoms with E-state index in [1.807, 2.05) is 42.5 Å². The third kappa shape index (κ3) is 3.34. The van der Waals surface area contributed by atoms with Crippen molar-refractivity contribution >= 4 is 0 Å². The molecule has 0 amide bonds. The highest BCUT2D eigenvalue weighted by molar-refractivity contribution is 5.33. The van der Waals surface area contributed by atoms with Gasteiger partial charge in [0, 0.05) is 5.56 Å². The summed E-state index contributed by atoms with van der Waals surface area (Å²) in [7, 11) is 0. The second-order valence-corrected chi connectivity index (χ2v) is 4.69. The molecular weight excluding hydrogens is 240 g/mol. The van der Waals surface area contributed by atoms with Gasteiger partial charge in [0.1, 0.15) is 18.0 Å². The number of ether oxygens (including phenoxy) is 1. The quantitative estimate of drug-likeness (QED) is 0.866. The number of hydrogen-bond acceptors (Lipinski definition) is 3. The molecule has 0 saturated carbocycles. The number of rotatable bonds is 5. The summed E-state index contributed by atoms with van der Waals surface area (Å²) >= 11 is 0. The number of hydrogen-bond donors (Lipinski definition) is 2. The number of aliphatic hydroxyl groups is 2. The summed E-state index contributed by atoms with van der Waals surface area (Å²) < 4.78 is 5.64. The molecule has 2 aromatic carbocycles. The first-order chi connectivity index (χ1) is 9.13. The average Bonchev–Trinajstić information content (AvgIpc) is 2.46. The first kappa shape index (κ1) is 13.6. The third-order valence-electron chi connectivity index (χ3n) is 3.05. The van der Waals surface area contributed by atoms with Crippen molar-refractivity contribution in [2.45, 2.75) is 19.1 Å². The zero-order valence-corrected chi connectivity index (χ0v) is 10.9. The van der Waals surface area contributed by atoms with Crippen LogP contribution in [0.1, 0.15) is 18.1 Å². The Kier molecular flexibility index (Phi) is 4.20. The monoisotopic (exact) mass is 258 g/mol. The fourth-order valence-electron chi connectivity index (χ4n) is 1.87. The van der Waals surface area contributed by atoms with Gasteiger partial charge in [-0.3, -0.25) is 0 Å². The highest BCUT2D eigenvalue weighted by Gasteiger charge is 2.24. The van der Waals surface area contributed by atoms with Gasteiger partial charge in [-0.05, 0) is 18.6 Å². The minimum Gasteiger partial charge on any atom is -0.490 e. The first-order valence-electron chi connectivity index (χ1n) is 6.23. The van der Waals surface area contributed by atoms with Crippen LogP contribution in [0.2, 0.25) is 0 Å². The van der Waals surface area contributed by atoms with Crippen molar-refractivity contribution in [1.29, 1.82) is 0 Å². The smallest absolute Gasteiger partial charge is 0.124 e. The molecule has 0 radical (unpaired) electrons. The molecule has 0 aliphatic heterocycles. The molecule has 2 N–H and O–H groups in total. The molecule has 1 atom stereocenters. The maximum Gasteiger partial charge on any atom is 0.124 e. The summed E-state index contributed by atoms with van der Waals surface area (Å²) in [5, 5.41) is 19.6. The lowest BCUT2D eigenvalue weighted by atomic mass is 9.97. The maximum atomic E-state index is 10.4. The third-order valence-corrected chi connectivity index (χ3v) is 3.05. The summed E-state index contributed by atoms with van der Waals surface area (Å²) in [5.41, 5.74) is 0.451. The second kappa shape index (κ2) is 5.87. The van der Waals surface area contributed by atoms with Crippen molar-refractivity contribution in [3.8, 4) is 5.75 Å². The fourth-order valence-corrected chi connectivity index (χ4v) is 1.87. The average molecular weight is 258 g/mol. The normalized spacial score (nSPS) is 13.8. The number of benzene rings is 2. The minimum atomic E-state index is -1.07. The van der Waals surface area contributed by atoms with Crippen LogP contribution in [0.25, 0.3) is 0 Å². The standard InChI is InChI=1S/C16H18O3/c1-16(18,14-8-3-2-4-9-14)12-19-15-10-6-5-7-13(15)11-17/h2-10,17-18H,11-12H2,1H3. The summed E-state index contributed by atoms with van der Waals surface area (Å²) in [6, 6.07) is 16.7. The highest BCUT2D eigenvalue weighted by atomic mass is 16.5. The molecule has 0 aliphatic carbocycles. The lowest BCUT2D eigenvalue weighted by molar-refractivity contribution is 0.00695. The topological polar surface area (TPSA) is 49.7 Å². The Balaban J connectivity index is 2.10. The Morgan fingerprint density at radius 3 is 2.32 bits per heavy atom. The van der Waals surface area contributed by atoms with Gasteiger partial charge in [0.2, 0.25) is 0 Å². The van der Waals surface area contributed by atoms with E-state index in [4.69, 9.17) is 4.74 Å². The molecule has 0 saturated heterocycles. The molecule has 1 unspecified atom stereocenters. The Bertz CT molecular complexity index is 521. The number of para-hydroxylation sites is 1. The van der Waals surface area contributed by atoms with Crippen LogP contribution in [-0.4, -0.2) is 16.8 Å². The molecule has 2 rings (SSSR count). The molecule has 100 valence electrons. The Hall–Kier alpha value is -1.84. The van der Waals surface area contributed by atoms with Gasteiger partial charge < -0.3 is 14.9 Å². The van der Waals surface area contributed by atoms with Crippen molar-refractivity contribution in [3.05, 3.63) is 65.7 Å². The largest absolute Gasteiger partial charge is 0.490 e. The van der Waals surface area contributed by atoms with Crippen LogP contribution in [0.3, 0.4) is 0 Å². The van der Waals surface area contributed by atoms with Gasteiger partial charge in [0.05, 0.1) is 6.61 Å². The predicted octanol–water partition coefficient (Wildman–Crippen LogP) is 2.47. The summed E-state index contributed by atoms with van der Waals surface area (Å²) in [6.45, 7) is 1.77. The van der Waals surface area contributed by atoms with Gasteiger partial charge in [-0.2, -0.15) is 0 Å². The minimum absolute atomic E-state index is 0.0797. The van der Waals surface area contributed by atoms with E-state index in [1.54, 1.807) is 19.1 Å². The molecule has 3 heteroatoms. The second-order valence-electron chi connectivity index (χ2n) is 4.69. The SMILES string of the molecule is CC(O)(COc1ccccc1CO)c1ccccc1. The molecule has 0 spiro atoms. The van der Waals surface area contributed by atoms with E-state index in [9.17, 15) is 10.2 Å². The summed E-state index contributed by atoms with van der Waals surface area (Å²) in [5.74, 6) is 0.598. The van der Waals surface area contributed by atoms with Crippen LogP contribution in [0.4, 0.5) is 0 Å². The van der Waals surface area contributed by atoms with Crippen LogP contribution >= 0.6 is 0 Å². The molecular formula is C16H18O3.